The van der Waals surface area contributed by atoms with E-state index >= 15 is 4.39 Å². The zero-order valence-corrected chi connectivity index (χ0v) is 22.4. The van der Waals surface area contributed by atoms with Crippen LogP contribution in [-0.4, -0.2) is 46.5 Å². The van der Waals surface area contributed by atoms with Gasteiger partial charge in [-0.2, -0.15) is 0 Å². The minimum Gasteiger partial charge on any atom is -0.502 e. The maximum Gasteiger partial charge on any atom is 0.278 e. The molecule has 40 heavy (non-hydrogen) atoms. The number of amides is 1. The van der Waals surface area contributed by atoms with E-state index in [1.807, 2.05) is 5.01 Å². The molecule has 0 radical (unpaired) electrons. The first-order valence-corrected chi connectivity index (χ1v) is 14.8. The first kappa shape index (κ1) is 24.4. The smallest absolute Gasteiger partial charge is 0.278 e. The zero-order chi connectivity index (χ0) is 27.3. The van der Waals surface area contributed by atoms with Gasteiger partial charge in [0.25, 0.3) is 5.91 Å². The van der Waals surface area contributed by atoms with Gasteiger partial charge in [-0.25, -0.2) is 8.78 Å². The van der Waals surface area contributed by atoms with E-state index < -0.39 is 40.9 Å². The van der Waals surface area contributed by atoms with Crippen molar-refractivity contribution in [3.63, 3.8) is 0 Å². The van der Waals surface area contributed by atoms with Gasteiger partial charge in [0.2, 0.25) is 5.43 Å². The SMILES string of the molecule is O=C1c2c(O)c(=O)ccn2N(C2c3cc4c(cc3SCc3c2ccc(F)c3F)C2CCC4CC2)C2COCCN12. The van der Waals surface area contributed by atoms with Crippen molar-refractivity contribution in [3.05, 3.63) is 91.9 Å². The van der Waals surface area contributed by atoms with Gasteiger partial charge in [-0.15, -0.1) is 11.8 Å². The largest absolute Gasteiger partial charge is 0.502 e. The quantitative estimate of drug-likeness (QED) is 0.462. The van der Waals surface area contributed by atoms with Crippen molar-refractivity contribution >= 4 is 17.7 Å². The summed E-state index contributed by atoms with van der Waals surface area (Å²) in [6, 6.07) is 7.89. The van der Waals surface area contributed by atoms with Crippen LogP contribution in [0.2, 0.25) is 0 Å². The highest BCUT2D eigenvalue weighted by molar-refractivity contribution is 7.98. The van der Waals surface area contributed by atoms with E-state index in [0.29, 0.717) is 24.0 Å². The molecule has 2 bridgehead atoms. The average molecular weight is 564 g/mol. The molecule has 1 saturated carbocycles. The zero-order valence-electron chi connectivity index (χ0n) is 21.6. The summed E-state index contributed by atoms with van der Waals surface area (Å²) in [4.78, 5) is 28.7. The third kappa shape index (κ3) is 3.32. The summed E-state index contributed by atoms with van der Waals surface area (Å²) in [5.74, 6) is -1.63. The van der Waals surface area contributed by atoms with Gasteiger partial charge in [0.1, 0.15) is 6.17 Å². The Morgan fingerprint density at radius 3 is 2.48 bits per heavy atom. The van der Waals surface area contributed by atoms with Crippen molar-refractivity contribution in [3.8, 4) is 5.75 Å². The minimum absolute atomic E-state index is 0.134. The summed E-state index contributed by atoms with van der Waals surface area (Å²) in [6.45, 7) is 0.777. The number of hydrogen-bond donors (Lipinski definition) is 1. The Balaban J connectivity index is 1.43. The summed E-state index contributed by atoms with van der Waals surface area (Å²) in [5.41, 5.74) is 3.72. The number of hydrogen-bond acceptors (Lipinski definition) is 6. The van der Waals surface area contributed by atoms with E-state index in [9.17, 15) is 19.1 Å². The maximum atomic E-state index is 15.5. The molecule has 3 aliphatic carbocycles. The van der Waals surface area contributed by atoms with Crippen LogP contribution in [0.4, 0.5) is 8.78 Å². The number of thioether (sulfide) groups is 1. The van der Waals surface area contributed by atoms with Crippen LogP contribution in [0.3, 0.4) is 0 Å². The molecule has 1 N–H and O–H groups in total. The molecule has 1 amide bonds. The van der Waals surface area contributed by atoms with Gasteiger partial charge < -0.3 is 14.7 Å². The molecule has 9 rings (SSSR count). The number of halogens is 2. The first-order valence-electron chi connectivity index (χ1n) is 13.8. The molecule has 1 aromatic heterocycles. The number of rotatable bonds is 1. The van der Waals surface area contributed by atoms with Crippen LogP contribution >= 0.6 is 11.8 Å². The lowest BCUT2D eigenvalue weighted by atomic mass is 9.66. The van der Waals surface area contributed by atoms with E-state index in [4.69, 9.17) is 4.74 Å². The van der Waals surface area contributed by atoms with Crippen LogP contribution in [0.15, 0.2) is 46.2 Å². The predicted molar refractivity (Wildman–Crippen MR) is 144 cm³/mol. The van der Waals surface area contributed by atoms with Gasteiger partial charge in [-0.3, -0.25) is 19.3 Å². The van der Waals surface area contributed by atoms with Crippen LogP contribution in [0.1, 0.15) is 81.9 Å². The summed E-state index contributed by atoms with van der Waals surface area (Å²) >= 11 is 1.51. The van der Waals surface area contributed by atoms with Gasteiger partial charge in [0, 0.05) is 35.0 Å². The van der Waals surface area contributed by atoms with Crippen LogP contribution < -0.4 is 10.4 Å². The van der Waals surface area contributed by atoms with Crippen molar-refractivity contribution < 1.29 is 23.4 Å². The highest BCUT2D eigenvalue weighted by atomic mass is 32.2. The average Bonchev–Trinajstić information content (AvgIpc) is 3.14. The summed E-state index contributed by atoms with van der Waals surface area (Å²) in [5, 5.41) is 12.7. The second-order valence-corrected chi connectivity index (χ2v) is 12.4. The van der Waals surface area contributed by atoms with Gasteiger partial charge in [-0.05, 0) is 71.9 Å². The molecule has 7 nitrogen and oxygen atoms in total. The lowest BCUT2D eigenvalue weighted by molar-refractivity contribution is -0.0197. The van der Waals surface area contributed by atoms with E-state index in [0.717, 1.165) is 29.4 Å². The third-order valence-corrected chi connectivity index (χ3v) is 10.6. The molecule has 4 heterocycles. The van der Waals surface area contributed by atoms with Gasteiger partial charge in [-0.1, -0.05) is 12.1 Å². The monoisotopic (exact) mass is 563 g/mol. The molecule has 1 saturated heterocycles. The Hall–Kier alpha value is -3.37. The number of ether oxygens (including phenoxy) is 1. The summed E-state index contributed by atoms with van der Waals surface area (Å²) in [7, 11) is 0. The van der Waals surface area contributed by atoms with E-state index in [1.165, 1.54) is 52.7 Å². The maximum absolute atomic E-state index is 15.5. The molecule has 0 spiro atoms. The number of pyridine rings is 1. The Morgan fingerprint density at radius 2 is 1.70 bits per heavy atom. The molecular weight excluding hydrogens is 536 g/mol. The Morgan fingerprint density at radius 1 is 0.950 bits per heavy atom. The highest BCUT2D eigenvalue weighted by Gasteiger charge is 2.47. The first-order chi connectivity index (χ1) is 19.4. The molecule has 2 fully saturated rings. The van der Waals surface area contributed by atoms with Crippen molar-refractivity contribution in [2.75, 3.05) is 24.8 Å². The lowest BCUT2D eigenvalue weighted by Gasteiger charge is -2.51. The van der Waals surface area contributed by atoms with E-state index in [2.05, 4.69) is 12.1 Å². The fourth-order valence-corrected chi connectivity index (χ4v) is 8.68. The number of carbonyl (C=O) groups is 1. The molecule has 3 aliphatic heterocycles. The topological polar surface area (TPSA) is 75.0 Å². The van der Waals surface area contributed by atoms with E-state index in [-0.39, 0.29) is 30.2 Å². The molecule has 2 atom stereocenters. The summed E-state index contributed by atoms with van der Waals surface area (Å²) in [6.07, 6.45) is 5.53. The van der Waals surface area contributed by atoms with Crippen LogP contribution in [0.5, 0.6) is 5.75 Å². The standard InChI is InChI=1S/C30H27F2N3O4S/c31-22-6-5-17-21(26(22)32)14-40-24-12-19-16-3-1-15(2-4-16)18(19)11-20(24)27(17)35-25-13-39-10-9-33(25)30(38)28-29(37)23(36)7-8-34(28)35/h5-8,11-12,15-16,25,27,37H,1-4,9-10,13-14H2. The predicted octanol–water partition coefficient (Wildman–Crippen LogP) is 4.73. The van der Waals surface area contributed by atoms with E-state index in [1.54, 1.807) is 11.0 Å². The van der Waals surface area contributed by atoms with Crippen LogP contribution in [0, 0.1) is 11.6 Å². The van der Waals surface area contributed by atoms with Crippen LogP contribution in [0.25, 0.3) is 0 Å². The number of carbonyl (C=O) groups excluding carboxylic acids is 1. The van der Waals surface area contributed by atoms with Gasteiger partial charge in [0.15, 0.2) is 23.1 Å². The second kappa shape index (κ2) is 8.81. The number of aromatic nitrogens is 1. The molecule has 2 unspecified atom stereocenters. The normalized spacial score (nSPS) is 26.4. The Labute approximate surface area is 233 Å². The van der Waals surface area contributed by atoms with Crippen molar-refractivity contribution in [2.45, 2.75) is 60.4 Å². The number of aromatic hydroxyl groups is 1. The fourth-order valence-electron chi connectivity index (χ4n) is 7.54. The summed E-state index contributed by atoms with van der Waals surface area (Å²) < 4.78 is 37.5. The molecule has 10 heteroatoms. The van der Waals surface area contributed by atoms with Crippen molar-refractivity contribution in [1.29, 1.82) is 0 Å². The highest BCUT2D eigenvalue weighted by Crippen LogP contribution is 2.53. The Bertz CT molecular complexity index is 1650. The molecule has 6 aliphatic rings. The molecule has 3 aromatic rings. The fraction of sp³-hybridized carbons (Fsp3) is 0.400. The van der Waals surface area contributed by atoms with Gasteiger partial charge >= 0.3 is 0 Å². The third-order valence-electron chi connectivity index (χ3n) is 9.46. The molecular formula is C30H27F2N3O4S. The molecule has 206 valence electrons. The second-order valence-electron chi connectivity index (χ2n) is 11.3. The Kier molecular flexibility index (Phi) is 5.38. The number of morpholine rings is 1. The number of benzene rings is 2. The van der Waals surface area contributed by atoms with Crippen LogP contribution in [-0.2, 0) is 10.5 Å². The van der Waals surface area contributed by atoms with Crippen molar-refractivity contribution in [2.24, 2.45) is 0 Å². The van der Waals surface area contributed by atoms with Gasteiger partial charge in [0.05, 0.1) is 19.3 Å². The van der Waals surface area contributed by atoms with Crippen molar-refractivity contribution in [1.82, 2.24) is 9.58 Å². The molecule has 2 aromatic carbocycles. The lowest BCUT2D eigenvalue weighted by Crippen LogP contribution is -2.66. The number of fused-ring (bicyclic) bond motifs is 6. The minimum atomic E-state index is -0.903. The number of nitrogens with zero attached hydrogens (tertiary/aromatic N) is 3.